The van der Waals surface area contributed by atoms with Crippen molar-refractivity contribution < 1.29 is 23.4 Å². The van der Waals surface area contributed by atoms with E-state index in [0.29, 0.717) is 0 Å². The lowest BCUT2D eigenvalue weighted by Crippen LogP contribution is -2.29. The fraction of sp³-hybridized carbons (Fsp3) is 0.538. The number of nitrogens with zero attached hydrogens (tertiary/aromatic N) is 1. The molecule has 1 aromatic carbocycles. The van der Waals surface area contributed by atoms with Gasteiger partial charge in [-0.25, -0.2) is 0 Å². The maximum absolute atomic E-state index is 13.0. The summed E-state index contributed by atoms with van der Waals surface area (Å²) in [5.74, 6) is 0. The average Bonchev–Trinajstić information content (AvgIpc) is 2.70. The molecular weight excluding hydrogens is 259 g/mol. The van der Waals surface area contributed by atoms with Gasteiger partial charge in [-0.05, 0) is 18.1 Å². The van der Waals surface area contributed by atoms with E-state index in [1.807, 2.05) is 0 Å². The van der Waals surface area contributed by atoms with E-state index in [1.54, 1.807) is 11.0 Å². The maximum Gasteiger partial charge on any atom is 0.416 e. The molecule has 1 aliphatic rings. The number of hydrogen-bond acceptors (Lipinski definition) is 3. The Balaban J connectivity index is 2.35. The lowest BCUT2D eigenvalue weighted by Gasteiger charge is -2.26. The van der Waals surface area contributed by atoms with Gasteiger partial charge >= 0.3 is 6.18 Å². The molecule has 3 nitrogen and oxygen atoms in total. The lowest BCUT2D eigenvalue weighted by atomic mass is 9.97. The predicted octanol–water partition coefficient (Wildman–Crippen LogP) is 1.81. The Morgan fingerprint density at radius 1 is 1.26 bits per heavy atom. The molecular formula is C13H16F3NO2. The van der Waals surface area contributed by atoms with E-state index in [4.69, 9.17) is 5.11 Å². The predicted molar refractivity (Wildman–Crippen MR) is 63.5 cm³/mol. The summed E-state index contributed by atoms with van der Waals surface area (Å²) in [6.07, 6.45) is -4.81. The van der Waals surface area contributed by atoms with Gasteiger partial charge < -0.3 is 10.2 Å². The van der Waals surface area contributed by atoms with Gasteiger partial charge in [0.2, 0.25) is 0 Å². The van der Waals surface area contributed by atoms with Gasteiger partial charge in [0.05, 0.1) is 18.3 Å². The number of rotatable bonds is 3. The molecule has 0 saturated carbocycles. The van der Waals surface area contributed by atoms with Gasteiger partial charge in [0, 0.05) is 19.1 Å². The minimum Gasteiger partial charge on any atom is -0.395 e. The van der Waals surface area contributed by atoms with E-state index < -0.39 is 23.9 Å². The van der Waals surface area contributed by atoms with Crippen LogP contribution >= 0.6 is 0 Å². The van der Waals surface area contributed by atoms with Crippen LogP contribution in [-0.4, -0.2) is 40.9 Å². The van der Waals surface area contributed by atoms with Crippen LogP contribution in [0.15, 0.2) is 24.3 Å². The first kappa shape index (κ1) is 14.3. The summed E-state index contributed by atoms with van der Waals surface area (Å²) >= 11 is 0. The normalized spacial score (nSPS) is 24.9. The zero-order valence-corrected chi connectivity index (χ0v) is 10.3. The lowest BCUT2D eigenvalue weighted by molar-refractivity contribution is -0.138. The third-order valence-electron chi connectivity index (χ3n) is 3.39. The van der Waals surface area contributed by atoms with E-state index in [1.165, 1.54) is 12.1 Å². The molecule has 0 aliphatic carbocycles. The van der Waals surface area contributed by atoms with Crippen molar-refractivity contribution in [3.63, 3.8) is 0 Å². The summed E-state index contributed by atoms with van der Waals surface area (Å²) < 4.78 is 38.9. The van der Waals surface area contributed by atoms with Crippen LogP contribution in [0.1, 0.15) is 23.6 Å². The van der Waals surface area contributed by atoms with Crippen molar-refractivity contribution in [1.82, 2.24) is 4.90 Å². The molecule has 2 N–H and O–H groups in total. The highest BCUT2D eigenvalue weighted by atomic mass is 19.4. The average molecular weight is 275 g/mol. The molecule has 1 saturated heterocycles. The third-order valence-corrected chi connectivity index (χ3v) is 3.39. The molecule has 6 heteroatoms. The molecule has 1 heterocycles. The molecule has 1 fully saturated rings. The molecule has 1 aromatic rings. The monoisotopic (exact) mass is 275 g/mol. The number of halogens is 3. The molecule has 0 unspecified atom stereocenters. The van der Waals surface area contributed by atoms with Gasteiger partial charge in [0.25, 0.3) is 0 Å². The Morgan fingerprint density at radius 2 is 1.95 bits per heavy atom. The minimum atomic E-state index is -4.41. The van der Waals surface area contributed by atoms with Crippen molar-refractivity contribution in [3.8, 4) is 0 Å². The van der Waals surface area contributed by atoms with Crippen LogP contribution in [0.4, 0.5) is 13.2 Å². The minimum absolute atomic E-state index is 0.141. The fourth-order valence-electron chi connectivity index (χ4n) is 2.62. The summed E-state index contributed by atoms with van der Waals surface area (Å²) in [7, 11) is 0. The van der Waals surface area contributed by atoms with Crippen LogP contribution in [0, 0.1) is 0 Å². The fourth-order valence-corrected chi connectivity index (χ4v) is 2.62. The summed E-state index contributed by atoms with van der Waals surface area (Å²) in [4.78, 5) is 1.69. The highest BCUT2D eigenvalue weighted by Gasteiger charge is 2.39. The molecule has 19 heavy (non-hydrogen) atoms. The zero-order valence-electron chi connectivity index (χ0n) is 10.3. The van der Waals surface area contributed by atoms with Crippen molar-refractivity contribution in [2.45, 2.75) is 24.7 Å². The first-order valence-electron chi connectivity index (χ1n) is 6.12. The number of hydrogen-bond donors (Lipinski definition) is 2. The van der Waals surface area contributed by atoms with Crippen molar-refractivity contribution >= 4 is 0 Å². The van der Waals surface area contributed by atoms with Crippen LogP contribution in [0.25, 0.3) is 0 Å². The van der Waals surface area contributed by atoms with Gasteiger partial charge in [0.1, 0.15) is 0 Å². The van der Waals surface area contributed by atoms with E-state index in [2.05, 4.69) is 0 Å². The Morgan fingerprint density at radius 3 is 2.58 bits per heavy atom. The van der Waals surface area contributed by atoms with Gasteiger partial charge in [-0.3, -0.25) is 4.90 Å². The van der Waals surface area contributed by atoms with Gasteiger partial charge in [-0.1, -0.05) is 18.2 Å². The number of likely N-dealkylation sites (tertiary alicyclic amines) is 1. The van der Waals surface area contributed by atoms with Crippen LogP contribution in [0.5, 0.6) is 0 Å². The van der Waals surface area contributed by atoms with Gasteiger partial charge in [-0.15, -0.1) is 0 Å². The quantitative estimate of drug-likeness (QED) is 0.884. The van der Waals surface area contributed by atoms with Crippen molar-refractivity contribution in [2.75, 3.05) is 19.7 Å². The van der Waals surface area contributed by atoms with E-state index >= 15 is 0 Å². The van der Waals surface area contributed by atoms with E-state index in [9.17, 15) is 18.3 Å². The Hall–Kier alpha value is -1.11. The highest BCUT2D eigenvalue weighted by Crippen LogP contribution is 2.40. The van der Waals surface area contributed by atoms with Crippen molar-refractivity contribution in [3.05, 3.63) is 35.4 Å². The topological polar surface area (TPSA) is 43.7 Å². The number of benzene rings is 1. The molecule has 1 aliphatic heterocycles. The molecule has 2 rings (SSSR count). The number of β-amino-alcohol motifs (C(OH)–C–C–N with tert-alkyl or cyclic N) is 2. The van der Waals surface area contributed by atoms with E-state index in [-0.39, 0.29) is 31.7 Å². The molecule has 106 valence electrons. The Kier molecular flexibility index (Phi) is 4.13. The van der Waals surface area contributed by atoms with Crippen LogP contribution < -0.4 is 0 Å². The third kappa shape index (κ3) is 3.08. The number of aliphatic hydroxyl groups excluding tert-OH is 2. The summed E-state index contributed by atoms with van der Waals surface area (Å²) in [6, 6.07) is 4.91. The second-order valence-corrected chi connectivity index (χ2v) is 4.71. The van der Waals surface area contributed by atoms with Crippen LogP contribution in [-0.2, 0) is 6.18 Å². The summed E-state index contributed by atoms with van der Waals surface area (Å²) in [5, 5.41) is 18.6. The number of alkyl halides is 3. The van der Waals surface area contributed by atoms with Crippen molar-refractivity contribution in [2.24, 2.45) is 0 Å². The SMILES string of the molecule is OCCN1C[C@H](O)C[C@H]1c1ccccc1C(F)(F)F. The second-order valence-electron chi connectivity index (χ2n) is 4.71. The Labute approximate surface area is 109 Å². The zero-order chi connectivity index (χ0) is 14.0. The standard InChI is InChI=1S/C13H16F3NO2/c14-13(15,16)11-4-2-1-3-10(11)12-7-9(19)8-17(12)5-6-18/h1-4,9,12,18-19H,5-8H2/t9-,12+/m1/s1. The van der Waals surface area contributed by atoms with Gasteiger partial charge in [0.15, 0.2) is 0 Å². The van der Waals surface area contributed by atoms with Gasteiger partial charge in [-0.2, -0.15) is 13.2 Å². The summed E-state index contributed by atoms with van der Waals surface area (Å²) in [5.41, 5.74) is -0.503. The van der Waals surface area contributed by atoms with Crippen molar-refractivity contribution in [1.29, 1.82) is 0 Å². The number of aliphatic hydroxyl groups is 2. The Bertz CT molecular complexity index is 436. The van der Waals surface area contributed by atoms with Crippen LogP contribution in [0.2, 0.25) is 0 Å². The molecule has 2 atom stereocenters. The van der Waals surface area contributed by atoms with E-state index in [0.717, 1.165) is 6.07 Å². The maximum atomic E-state index is 13.0. The largest absolute Gasteiger partial charge is 0.416 e. The first-order valence-corrected chi connectivity index (χ1v) is 6.12. The second kappa shape index (κ2) is 5.48. The molecule has 0 amide bonds. The molecule has 0 bridgehead atoms. The smallest absolute Gasteiger partial charge is 0.395 e. The highest BCUT2D eigenvalue weighted by molar-refractivity contribution is 5.33. The molecule has 0 radical (unpaired) electrons. The molecule has 0 spiro atoms. The first-order chi connectivity index (χ1) is 8.93. The summed E-state index contributed by atoms with van der Waals surface area (Å²) in [6.45, 7) is 0.405. The molecule has 0 aromatic heterocycles. The van der Waals surface area contributed by atoms with Crippen LogP contribution in [0.3, 0.4) is 0 Å².